The van der Waals surface area contributed by atoms with Crippen LogP contribution in [-0.4, -0.2) is 14.2 Å². The maximum absolute atomic E-state index is 13.3. The van der Waals surface area contributed by atoms with Crippen molar-refractivity contribution in [1.82, 2.24) is 9.97 Å². The summed E-state index contributed by atoms with van der Waals surface area (Å²) in [5.41, 5.74) is 4.12. The van der Waals surface area contributed by atoms with Gasteiger partial charge in [0.15, 0.2) is 0 Å². The number of fused-ring (bicyclic) bond motifs is 1. The van der Waals surface area contributed by atoms with Gasteiger partial charge in [-0.25, -0.2) is 18.7 Å². The molecule has 0 fully saturated rings. The Bertz CT molecular complexity index is 1240. The van der Waals surface area contributed by atoms with E-state index in [9.17, 15) is 8.60 Å². The quantitative estimate of drug-likeness (QED) is 0.486. The van der Waals surface area contributed by atoms with Gasteiger partial charge in [-0.3, -0.25) is 0 Å². The highest BCUT2D eigenvalue weighted by molar-refractivity contribution is 7.82. The van der Waals surface area contributed by atoms with Gasteiger partial charge in [0.25, 0.3) is 0 Å². The van der Waals surface area contributed by atoms with Crippen molar-refractivity contribution in [3.05, 3.63) is 82.9 Å². The standard InChI is InChI=1S/C21H15ClFN3OS/c22-16-11-13(5-8-17(16)23)6-10-21-25-18-9-7-14(12-19(18)26-21)15-3-1-2-4-20(15)28(24)27/h1-12H,24H2,(H,25,26)/b10-6+. The first-order chi connectivity index (χ1) is 13.5. The molecule has 1 heterocycles. The zero-order valence-electron chi connectivity index (χ0n) is 14.5. The van der Waals surface area contributed by atoms with Crippen LogP contribution in [-0.2, 0) is 11.0 Å². The molecule has 3 aromatic carbocycles. The molecule has 0 aliphatic heterocycles. The van der Waals surface area contributed by atoms with Gasteiger partial charge in [-0.1, -0.05) is 48.0 Å². The zero-order chi connectivity index (χ0) is 19.7. The van der Waals surface area contributed by atoms with Gasteiger partial charge in [-0.2, -0.15) is 0 Å². The minimum atomic E-state index is -1.57. The molecule has 1 aromatic heterocycles. The van der Waals surface area contributed by atoms with E-state index < -0.39 is 16.8 Å². The second-order valence-electron chi connectivity index (χ2n) is 6.15. The van der Waals surface area contributed by atoms with E-state index in [2.05, 4.69) is 9.97 Å². The number of aromatic nitrogens is 2. The van der Waals surface area contributed by atoms with Crippen LogP contribution in [0.4, 0.5) is 4.39 Å². The number of rotatable bonds is 4. The molecule has 3 N–H and O–H groups in total. The molecule has 0 bridgehead atoms. The molecule has 4 rings (SSSR count). The Labute approximate surface area is 168 Å². The van der Waals surface area contributed by atoms with Crippen LogP contribution in [0.2, 0.25) is 5.02 Å². The monoisotopic (exact) mass is 411 g/mol. The molecule has 0 spiro atoms. The number of nitrogens with two attached hydrogens (primary N) is 1. The number of hydrogen-bond donors (Lipinski definition) is 2. The predicted octanol–water partition coefficient (Wildman–Crippen LogP) is 5.17. The Morgan fingerprint density at radius 3 is 2.68 bits per heavy atom. The van der Waals surface area contributed by atoms with Gasteiger partial charge >= 0.3 is 0 Å². The number of aromatic amines is 1. The summed E-state index contributed by atoms with van der Waals surface area (Å²) in [6.07, 6.45) is 3.60. The van der Waals surface area contributed by atoms with E-state index in [1.165, 1.54) is 6.07 Å². The van der Waals surface area contributed by atoms with Crippen molar-refractivity contribution in [3.63, 3.8) is 0 Å². The van der Waals surface area contributed by atoms with E-state index in [1.54, 1.807) is 30.4 Å². The first-order valence-electron chi connectivity index (χ1n) is 8.40. The first kappa shape index (κ1) is 18.6. The molecule has 140 valence electrons. The summed E-state index contributed by atoms with van der Waals surface area (Å²) in [7, 11) is -1.57. The van der Waals surface area contributed by atoms with E-state index in [1.807, 2.05) is 36.4 Å². The van der Waals surface area contributed by atoms with Crippen molar-refractivity contribution in [1.29, 1.82) is 0 Å². The average molecular weight is 412 g/mol. The Balaban J connectivity index is 1.68. The summed E-state index contributed by atoms with van der Waals surface area (Å²) in [6, 6.07) is 17.6. The molecule has 4 nitrogen and oxygen atoms in total. The van der Waals surface area contributed by atoms with Crippen LogP contribution < -0.4 is 5.14 Å². The number of nitrogens with zero attached hydrogens (tertiary/aromatic N) is 1. The van der Waals surface area contributed by atoms with E-state index in [0.717, 1.165) is 27.7 Å². The summed E-state index contributed by atoms with van der Waals surface area (Å²) >= 11 is 5.81. The van der Waals surface area contributed by atoms with Crippen LogP contribution >= 0.6 is 11.6 Å². The van der Waals surface area contributed by atoms with Gasteiger partial charge in [0.1, 0.15) is 22.6 Å². The third kappa shape index (κ3) is 3.75. The molecule has 4 aromatic rings. The van der Waals surface area contributed by atoms with Gasteiger partial charge in [0.05, 0.1) is 21.0 Å². The normalized spacial score (nSPS) is 12.7. The maximum Gasteiger partial charge on any atom is 0.141 e. The topological polar surface area (TPSA) is 71.8 Å². The van der Waals surface area contributed by atoms with Crippen molar-refractivity contribution < 1.29 is 8.60 Å². The number of imidazole rings is 1. The minimum absolute atomic E-state index is 0.0763. The number of halogens is 2. The molecular weight excluding hydrogens is 397 g/mol. The van der Waals surface area contributed by atoms with E-state index in [-0.39, 0.29) is 5.02 Å². The van der Waals surface area contributed by atoms with Crippen LogP contribution in [0.25, 0.3) is 34.3 Å². The van der Waals surface area contributed by atoms with Crippen LogP contribution in [0.3, 0.4) is 0 Å². The van der Waals surface area contributed by atoms with Gasteiger partial charge in [-0.05, 0) is 53.1 Å². The van der Waals surface area contributed by atoms with Crippen molar-refractivity contribution >= 4 is 45.8 Å². The lowest BCUT2D eigenvalue weighted by Gasteiger charge is -2.06. The Kier molecular flexibility index (Phi) is 5.09. The predicted molar refractivity (Wildman–Crippen MR) is 112 cm³/mol. The molecule has 1 atom stereocenters. The van der Waals surface area contributed by atoms with Crippen molar-refractivity contribution in [2.45, 2.75) is 4.90 Å². The SMILES string of the molecule is NS(=O)c1ccccc1-c1ccc2nc(/C=C/c3ccc(F)c(Cl)c3)[nH]c2c1. The van der Waals surface area contributed by atoms with E-state index >= 15 is 0 Å². The van der Waals surface area contributed by atoms with Crippen LogP contribution in [0.15, 0.2) is 65.6 Å². The highest BCUT2D eigenvalue weighted by atomic mass is 35.5. The third-order valence-electron chi connectivity index (χ3n) is 4.29. The molecular formula is C21H15ClFN3OS. The molecule has 0 saturated heterocycles. The Morgan fingerprint density at radius 1 is 1.07 bits per heavy atom. The highest BCUT2D eigenvalue weighted by Crippen LogP contribution is 2.28. The third-order valence-corrected chi connectivity index (χ3v) is 5.37. The Morgan fingerprint density at radius 2 is 1.89 bits per heavy atom. The summed E-state index contributed by atoms with van der Waals surface area (Å²) in [6.45, 7) is 0. The smallest absolute Gasteiger partial charge is 0.141 e. The largest absolute Gasteiger partial charge is 0.338 e. The molecule has 0 radical (unpaired) electrons. The summed E-state index contributed by atoms with van der Waals surface area (Å²) in [4.78, 5) is 8.34. The second-order valence-corrected chi connectivity index (χ2v) is 7.60. The van der Waals surface area contributed by atoms with Crippen molar-refractivity contribution in [3.8, 4) is 11.1 Å². The number of H-pyrrole nitrogens is 1. The lowest BCUT2D eigenvalue weighted by atomic mass is 10.1. The summed E-state index contributed by atoms with van der Waals surface area (Å²) < 4.78 is 25.1. The van der Waals surface area contributed by atoms with E-state index in [0.29, 0.717) is 10.7 Å². The molecule has 28 heavy (non-hydrogen) atoms. The maximum atomic E-state index is 13.3. The first-order valence-corrected chi connectivity index (χ1v) is 9.99. The fraction of sp³-hybridized carbons (Fsp3) is 0. The van der Waals surface area contributed by atoms with Crippen molar-refractivity contribution in [2.24, 2.45) is 5.14 Å². The van der Waals surface area contributed by atoms with Gasteiger partial charge in [0, 0.05) is 0 Å². The molecule has 0 aliphatic carbocycles. The number of nitrogens with one attached hydrogen (secondary N) is 1. The fourth-order valence-electron chi connectivity index (χ4n) is 2.95. The molecule has 0 saturated carbocycles. The lowest BCUT2D eigenvalue weighted by Crippen LogP contribution is -2.04. The van der Waals surface area contributed by atoms with E-state index in [4.69, 9.17) is 16.7 Å². The fourth-order valence-corrected chi connectivity index (χ4v) is 3.75. The Hall–Kier alpha value is -2.80. The highest BCUT2D eigenvalue weighted by Gasteiger charge is 2.10. The summed E-state index contributed by atoms with van der Waals surface area (Å²) in [5.74, 6) is 0.206. The minimum Gasteiger partial charge on any atom is -0.338 e. The zero-order valence-corrected chi connectivity index (χ0v) is 16.1. The van der Waals surface area contributed by atoms with Crippen molar-refractivity contribution in [2.75, 3.05) is 0 Å². The molecule has 1 unspecified atom stereocenters. The second kappa shape index (κ2) is 7.67. The van der Waals surface area contributed by atoms with Gasteiger partial charge < -0.3 is 4.98 Å². The van der Waals surface area contributed by atoms with Crippen LogP contribution in [0.1, 0.15) is 11.4 Å². The van der Waals surface area contributed by atoms with Crippen LogP contribution in [0.5, 0.6) is 0 Å². The number of benzene rings is 3. The molecule has 7 heteroatoms. The van der Waals surface area contributed by atoms with Gasteiger partial charge in [0.2, 0.25) is 0 Å². The summed E-state index contributed by atoms with van der Waals surface area (Å²) in [5, 5.41) is 5.67. The van der Waals surface area contributed by atoms with Crippen LogP contribution in [0, 0.1) is 5.82 Å². The van der Waals surface area contributed by atoms with Gasteiger partial charge in [-0.15, -0.1) is 0 Å². The lowest BCUT2D eigenvalue weighted by molar-refractivity contribution is 0.628. The number of hydrogen-bond acceptors (Lipinski definition) is 2. The molecule has 0 amide bonds. The average Bonchev–Trinajstić information content (AvgIpc) is 3.11. The molecule has 0 aliphatic rings.